The zero-order valence-corrected chi connectivity index (χ0v) is 38.8. The number of aromatic hydroxyl groups is 1. The highest BCUT2D eigenvalue weighted by atomic mass is 35.5. The molecule has 6 rings (SSSR count). The number of aromatic nitrogens is 1. The number of hydrogen-bond donors (Lipinski definition) is 8. The van der Waals surface area contributed by atoms with Crippen LogP contribution in [0.3, 0.4) is 0 Å². The van der Waals surface area contributed by atoms with Gasteiger partial charge in [-0.2, -0.15) is 16.8 Å². The quantitative estimate of drug-likeness (QED) is 0.0449. The minimum absolute atomic E-state index is 0.0829. The van der Waals surface area contributed by atoms with Gasteiger partial charge in [0.15, 0.2) is 0 Å². The van der Waals surface area contributed by atoms with Crippen molar-refractivity contribution in [2.24, 2.45) is 0 Å². The fraction of sp³-hybridized carbons (Fsp3) is 0.390. The molecule has 1 fully saturated rings. The van der Waals surface area contributed by atoms with E-state index in [1.165, 1.54) is 41.9 Å². The van der Waals surface area contributed by atoms with Gasteiger partial charge < -0.3 is 45.3 Å². The molecule has 3 heterocycles. The molecule has 3 aromatic heterocycles. The number of rotatable bonds is 17. The number of nitrogens with zero attached hydrogens (tertiary/aromatic N) is 1. The van der Waals surface area contributed by atoms with Crippen LogP contribution in [0.25, 0.3) is 10.9 Å². The molecular formula is C41H49ClN4O14S4. The van der Waals surface area contributed by atoms with Gasteiger partial charge in [0, 0.05) is 55.2 Å². The van der Waals surface area contributed by atoms with E-state index in [-0.39, 0.29) is 47.8 Å². The summed E-state index contributed by atoms with van der Waals surface area (Å²) in [6.45, 7) is 1.64. The van der Waals surface area contributed by atoms with Crippen molar-refractivity contribution in [3.05, 3.63) is 108 Å². The lowest BCUT2D eigenvalue weighted by molar-refractivity contribution is -0.169. The smallest absolute Gasteiger partial charge is 0.349 e. The second-order valence-electron chi connectivity index (χ2n) is 15.0. The minimum Gasteiger partial charge on any atom is -0.506 e. The van der Waals surface area contributed by atoms with Crippen molar-refractivity contribution in [3.63, 3.8) is 0 Å². The Balaban J connectivity index is 0.000000688. The van der Waals surface area contributed by atoms with Crippen molar-refractivity contribution < 1.29 is 60.3 Å². The summed E-state index contributed by atoms with van der Waals surface area (Å²) in [4.78, 5) is 43.9. The Morgan fingerprint density at radius 3 is 2.16 bits per heavy atom. The number of pyridine rings is 1. The number of phenolic OH excluding ortho intramolecular Hbond substituents is 1. The number of thiophene rings is 2. The maximum absolute atomic E-state index is 13.4. The van der Waals surface area contributed by atoms with Gasteiger partial charge in [-0.05, 0) is 86.3 Å². The summed E-state index contributed by atoms with van der Waals surface area (Å²) in [7, 11) is -5.89. The van der Waals surface area contributed by atoms with Crippen LogP contribution < -0.4 is 20.9 Å². The monoisotopic (exact) mass is 984 g/mol. The van der Waals surface area contributed by atoms with E-state index in [1.54, 1.807) is 48.5 Å². The highest BCUT2D eigenvalue weighted by molar-refractivity contribution is 8.03. The van der Waals surface area contributed by atoms with Crippen molar-refractivity contribution in [1.82, 2.24) is 15.2 Å². The van der Waals surface area contributed by atoms with E-state index in [4.69, 9.17) is 30.2 Å². The fourth-order valence-corrected chi connectivity index (χ4v) is 10.2. The van der Waals surface area contributed by atoms with Crippen molar-refractivity contribution in [2.75, 3.05) is 32.6 Å². The van der Waals surface area contributed by atoms with Crippen LogP contribution in [0.1, 0.15) is 66.0 Å². The molecule has 0 aliphatic heterocycles. The first kappa shape index (κ1) is 50.5. The molecule has 23 heteroatoms. The van der Waals surface area contributed by atoms with Crippen LogP contribution in [-0.2, 0) is 46.7 Å². The van der Waals surface area contributed by atoms with Gasteiger partial charge in [0.25, 0.3) is 20.2 Å². The van der Waals surface area contributed by atoms with Crippen LogP contribution in [0.15, 0.2) is 76.2 Å². The first-order chi connectivity index (χ1) is 30.1. The molecule has 18 nitrogen and oxygen atoms in total. The van der Waals surface area contributed by atoms with Gasteiger partial charge in [0.05, 0.1) is 39.2 Å². The number of anilines is 1. The SMILES string of the molecule is CC(S(=O)(=O)O)S(=O)(=O)O.COc1cc(NC(=O)CCN(C)C2CCC(OC(=O)C(O)(c3cccs3)c3cccs3)CC2)c(Cl)cc1CNC[C@H](O)c1ccc(O)c2[nH]c(=O)ccc12. The number of methoxy groups -OCH3 is 1. The van der Waals surface area contributed by atoms with Gasteiger partial charge in [-0.25, -0.2) is 4.79 Å². The molecule has 64 heavy (non-hydrogen) atoms. The van der Waals surface area contributed by atoms with Crippen LogP contribution in [0, 0.1) is 0 Å². The number of amides is 1. The third kappa shape index (κ3) is 12.7. The first-order valence-corrected chi connectivity index (χ1v) is 24.8. The lowest BCUT2D eigenvalue weighted by atomic mass is 9.91. The van der Waals surface area contributed by atoms with Gasteiger partial charge in [-0.1, -0.05) is 29.8 Å². The van der Waals surface area contributed by atoms with Crippen LogP contribution in [0.5, 0.6) is 11.5 Å². The van der Waals surface area contributed by atoms with Gasteiger partial charge in [0.2, 0.25) is 21.6 Å². The van der Waals surface area contributed by atoms with E-state index in [9.17, 15) is 46.5 Å². The first-order valence-electron chi connectivity index (χ1n) is 19.7. The summed E-state index contributed by atoms with van der Waals surface area (Å²) < 4.78 is 65.4. The van der Waals surface area contributed by atoms with E-state index in [0.29, 0.717) is 70.0 Å². The zero-order valence-electron chi connectivity index (χ0n) is 34.8. The molecule has 0 saturated heterocycles. The van der Waals surface area contributed by atoms with E-state index in [1.807, 2.05) is 17.8 Å². The van der Waals surface area contributed by atoms with Gasteiger partial charge in [-0.3, -0.25) is 18.7 Å². The Hall–Kier alpha value is -4.46. The number of nitrogens with one attached hydrogen (secondary N) is 3. The molecular weight excluding hydrogens is 936 g/mol. The summed E-state index contributed by atoms with van der Waals surface area (Å²) in [5.41, 5.74) is -0.241. The van der Waals surface area contributed by atoms with E-state index < -0.39 is 42.5 Å². The molecule has 8 N–H and O–H groups in total. The predicted octanol–water partition coefficient (Wildman–Crippen LogP) is 5.00. The van der Waals surface area contributed by atoms with Crippen molar-refractivity contribution in [3.8, 4) is 11.5 Å². The molecule has 1 aliphatic carbocycles. The minimum atomic E-state index is -4.70. The molecule has 0 radical (unpaired) electrons. The number of carbonyl (C=O) groups is 2. The van der Waals surface area contributed by atoms with Gasteiger partial charge in [0.1, 0.15) is 17.6 Å². The summed E-state index contributed by atoms with van der Waals surface area (Å²) in [5.74, 6) is -0.436. The molecule has 1 saturated carbocycles. The number of aromatic amines is 1. The molecule has 1 amide bonds. The number of esters is 1. The molecule has 5 aromatic rings. The average Bonchev–Trinajstić information content (AvgIpc) is 4.00. The summed E-state index contributed by atoms with van der Waals surface area (Å²) in [6, 6.07) is 16.6. The third-order valence-corrected chi connectivity index (χ3v) is 16.1. The number of halogens is 1. The largest absolute Gasteiger partial charge is 0.506 e. The Labute approximate surface area is 382 Å². The number of benzene rings is 2. The normalized spacial score (nSPS) is 16.3. The van der Waals surface area contributed by atoms with E-state index in [2.05, 4.69) is 20.5 Å². The van der Waals surface area contributed by atoms with Gasteiger partial charge >= 0.3 is 5.97 Å². The van der Waals surface area contributed by atoms with Crippen molar-refractivity contribution in [2.45, 2.75) is 74.0 Å². The molecule has 0 spiro atoms. The number of fused-ring (bicyclic) bond motifs is 1. The molecule has 1 aliphatic rings. The van der Waals surface area contributed by atoms with Crippen molar-refractivity contribution >= 4 is 83.0 Å². The average molecular weight is 986 g/mol. The standard InChI is InChI=1S/C39H43ClN4O8S2.C2H6O6S2/c1-44(24-7-9-25(10-8-24)52-38(49)39(50,33-5-3-17-53-33)34-6-4-18-54-34)16-15-36(48)42-29-20-32(51-2)23(19-28(29)40)21-41-22-31(46)26-11-13-30(45)37-27(26)12-14-35(47)43-37;1-2(9(3,4)5)10(6,7)8/h3-6,11-14,17-20,24-25,31,41,45-46,50H,7-10,15-16,21-22H2,1-2H3,(H,42,48)(H,43,47);2H,1H3,(H,3,4,5)(H,6,7,8)/t24?,25?,31-;/m0./s1. The number of aliphatic hydroxyl groups excluding tert-OH is 1. The third-order valence-electron chi connectivity index (χ3n) is 10.7. The van der Waals surface area contributed by atoms with E-state index in [0.717, 1.165) is 18.4 Å². The second kappa shape index (κ2) is 21.7. The van der Waals surface area contributed by atoms with Crippen LogP contribution in [0.2, 0.25) is 5.02 Å². The Morgan fingerprint density at radius 1 is 0.984 bits per heavy atom. The topological polar surface area (TPSA) is 282 Å². The Kier molecular flexibility index (Phi) is 17.1. The van der Waals surface area contributed by atoms with E-state index >= 15 is 0 Å². The lowest BCUT2D eigenvalue weighted by Crippen LogP contribution is -2.42. The number of aliphatic hydroxyl groups is 2. The molecule has 0 unspecified atom stereocenters. The van der Waals surface area contributed by atoms with Crippen LogP contribution in [-0.4, -0.2) is 107 Å². The molecule has 1 atom stereocenters. The van der Waals surface area contributed by atoms with Crippen molar-refractivity contribution in [1.29, 1.82) is 0 Å². The Bertz CT molecular complexity index is 2610. The highest BCUT2D eigenvalue weighted by Gasteiger charge is 2.45. The number of H-pyrrole nitrogens is 1. The second-order valence-corrected chi connectivity index (χ2v) is 21.0. The predicted molar refractivity (Wildman–Crippen MR) is 243 cm³/mol. The maximum Gasteiger partial charge on any atom is 0.349 e. The van der Waals surface area contributed by atoms with Crippen LogP contribution in [0.4, 0.5) is 5.69 Å². The summed E-state index contributed by atoms with van der Waals surface area (Å²) >= 11 is 9.23. The maximum atomic E-state index is 13.4. The number of carbonyl (C=O) groups excluding carboxylic acids is 2. The number of ether oxygens (including phenoxy) is 2. The zero-order chi connectivity index (χ0) is 47.0. The lowest BCUT2D eigenvalue weighted by Gasteiger charge is -2.35. The number of hydrogen-bond acceptors (Lipinski definition) is 16. The molecule has 348 valence electrons. The van der Waals surface area contributed by atoms with Crippen LogP contribution >= 0.6 is 34.3 Å². The summed E-state index contributed by atoms with van der Waals surface area (Å²) in [6.07, 6.45) is 1.88. The fourth-order valence-electron chi connectivity index (χ4n) is 6.98. The molecule has 0 bridgehead atoms. The summed E-state index contributed by atoms with van der Waals surface area (Å²) in [5, 5.41) is 43.2. The highest BCUT2D eigenvalue weighted by Crippen LogP contribution is 2.38. The number of phenols is 1. The molecule has 2 aromatic carbocycles. The Morgan fingerprint density at radius 2 is 1.61 bits per heavy atom. The van der Waals surface area contributed by atoms with Gasteiger partial charge in [-0.15, -0.1) is 22.7 Å².